The summed E-state index contributed by atoms with van der Waals surface area (Å²) in [5, 5.41) is 1.21. The smallest absolute Gasteiger partial charge is 0.264 e. The van der Waals surface area contributed by atoms with Crippen LogP contribution < -0.4 is 9.46 Å². The molecule has 2 rings (SSSR count). The molecule has 0 bridgehead atoms. The van der Waals surface area contributed by atoms with E-state index in [4.69, 9.17) is 4.74 Å². The molecule has 23 heavy (non-hydrogen) atoms. The molecule has 0 aliphatic heterocycles. The van der Waals surface area contributed by atoms with Gasteiger partial charge in [-0.15, -0.1) is 0 Å². The first kappa shape index (κ1) is 17.3. The Balaban J connectivity index is 2.37. The highest BCUT2D eigenvalue weighted by Gasteiger charge is 2.21. The highest BCUT2D eigenvalue weighted by atomic mass is 32.2. The summed E-state index contributed by atoms with van der Waals surface area (Å²) < 4.78 is 32.5. The van der Waals surface area contributed by atoms with Gasteiger partial charge in [0, 0.05) is 17.2 Å². The second kappa shape index (κ2) is 7.00. The molecular formula is C17H21NO4S. The van der Waals surface area contributed by atoms with Gasteiger partial charge in [-0.2, -0.15) is 0 Å². The van der Waals surface area contributed by atoms with Gasteiger partial charge in [0.05, 0.1) is 12.0 Å². The van der Waals surface area contributed by atoms with E-state index in [1.807, 2.05) is 19.9 Å². The molecule has 0 fully saturated rings. The summed E-state index contributed by atoms with van der Waals surface area (Å²) in [6.07, 6.45) is 0.829. The Kier molecular flexibility index (Phi) is 5.26. The van der Waals surface area contributed by atoms with Gasteiger partial charge >= 0.3 is 0 Å². The maximum Gasteiger partial charge on any atom is 0.264 e. The SMILES string of the molecule is COc1ccc(S(=O)(=O)NC(=O)CCC(C)C)c2ccccc12. The fraction of sp³-hybridized carbons (Fsp3) is 0.353. The molecule has 0 radical (unpaired) electrons. The predicted octanol–water partition coefficient (Wildman–Crippen LogP) is 3.09. The number of amides is 1. The largest absolute Gasteiger partial charge is 0.496 e. The van der Waals surface area contributed by atoms with Crippen molar-refractivity contribution < 1.29 is 17.9 Å². The fourth-order valence-corrected chi connectivity index (χ4v) is 3.56. The van der Waals surface area contributed by atoms with E-state index in [1.54, 1.807) is 24.3 Å². The van der Waals surface area contributed by atoms with E-state index in [0.717, 1.165) is 0 Å². The molecule has 0 atom stereocenters. The third-order valence-corrected chi connectivity index (χ3v) is 4.98. The quantitative estimate of drug-likeness (QED) is 0.880. The Labute approximate surface area is 136 Å². The van der Waals surface area contributed by atoms with Crippen LogP contribution in [0.4, 0.5) is 0 Å². The summed E-state index contributed by atoms with van der Waals surface area (Å²) in [5.41, 5.74) is 0. The summed E-state index contributed by atoms with van der Waals surface area (Å²) in [4.78, 5) is 12.0. The first-order chi connectivity index (χ1) is 10.8. The van der Waals surface area contributed by atoms with E-state index in [1.165, 1.54) is 13.2 Å². The maximum absolute atomic E-state index is 12.5. The fourth-order valence-electron chi connectivity index (χ4n) is 2.33. The minimum atomic E-state index is -3.91. The number of ether oxygens (including phenoxy) is 1. The van der Waals surface area contributed by atoms with Crippen molar-refractivity contribution in [2.24, 2.45) is 5.92 Å². The number of sulfonamides is 1. The summed E-state index contributed by atoms with van der Waals surface area (Å²) >= 11 is 0. The molecule has 0 saturated carbocycles. The Morgan fingerprint density at radius 1 is 1.13 bits per heavy atom. The van der Waals surface area contributed by atoms with E-state index < -0.39 is 15.9 Å². The van der Waals surface area contributed by atoms with Crippen molar-refractivity contribution in [2.75, 3.05) is 7.11 Å². The van der Waals surface area contributed by atoms with E-state index in [9.17, 15) is 13.2 Å². The van der Waals surface area contributed by atoms with Crippen molar-refractivity contribution in [3.05, 3.63) is 36.4 Å². The molecule has 0 aliphatic rings. The summed E-state index contributed by atoms with van der Waals surface area (Å²) in [6.45, 7) is 3.97. The third kappa shape index (κ3) is 4.01. The van der Waals surface area contributed by atoms with Gasteiger partial charge in [-0.05, 0) is 24.5 Å². The molecule has 1 amide bonds. The van der Waals surface area contributed by atoms with Crippen LogP contribution in [0, 0.1) is 5.92 Å². The first-order valence-electron chi connectivity index (χ1n) is 7.46. The topological polar surface area (TPSA) is 72.5 Å². The minimum Gasteiger partial charge on any atom is -0.496 e. The van der Waals surface area contributed by atoms with Crippen molar-refractivity contribution >= 4 is 26.7 Å². The van der Waals surface area contributed by atoms with Crippen LogP contribution in [-0.2, 0) is 14.8 Å². The monoisotopic (exact) mass is 335 g/mol. The van der Waals surface area contributed by atoms with Crippen LogP contribution in [0.25, 0.3) is 10.8 Å². The summed E-state index contributed by atoms with van der Waals surface area (Å²) in [5.74, 6) is 0.439. The zero-order valence-corrected chi connectivity index (χ0v) is 14.3. The number of benzene rings is 2. The number of carbonyl (C=O) groups is 1. The van der Waals surface area contributed by atoms with Gasteiger partial charge in [-0.25, -0.2) is 13.1 Å². The standard InChI is InChI=1S/C17H21NO4S/c1-12(2)8-11-17(19)18-23(20,21)16-10-9-15(22-3)13-6-4-5-7-14(13)16/h4-7,9-10,12H,8,11H2,1-3H3,(H,18,19). The van der Waals surface area contributed by atoms with Crippen LogP contribution in [0.2, 0.25) is 0 Å². The zero-order valence-electron chi connectivity index (χ0n) is 13.5. The van der Waals surface area contributed by atoms with Crippen LogP contribution in [0.3, 0.4) is 0 Å². The predicted molar refractivity (Wildman–Crippen MR) is 89.9 cm³/mol. The lowest BCUT2D eigenvalue weighted by atomic mass is 10.1. The number of hydrogen-bond acceptors (Lipinski definition) is 4. The molecule has 6 heteroatoms. The lowest BCUT2D eigenvalue weighted by molar-refractivity contribution is -0.119. The maximum atomic E-state index is 12.5. The zero-order chi connectivity index (χ0) is 17.0. The van der Waals surface area contributed by atoms with E-state index in [-0.39, 0.29) is 11.3 Å². The molecule has 0 unspecified atom stereocenters. The molecule has 0 aliphatic carbocycles. The van der Waals surface area contributed by atoms with Gasteiger partial charge < -0.3 is 4.74 Å². The normalized spacial score (nSPS) is 11.7. The molecule has 124 valence electrons. The number of hydrogen-bond donors (Lipinski definition) is 1. The van der Waals surface area contributed by atoms with Crippen molar-refractivity contribution in [1.82, 2.24) is 4.72 Å². The highest BCUT2D eigenvalue weighted by Crippen LogP contribution is 2.30. The van der Waals surface area contributed by atoms with E-state index in [2.05, 4.69) is 4.72 Å². The highest BCUT2D eigenvalue weighted by molar-refractivity contribution is 7.90. The molecule has 0 aromatic heterocycles. The average molecular weight is 335 g/mol. The van der Waals surface area contributed by atoms with Crippen LogP contribution >= 0.6 is 0 Å². The number of fused-ring (bicyclic) bond motifs is 1. The van der Waals surface area contributed by atoms with Crippen molar-refractivity contribution in [3.63, 3.8) is 0 Å². The Morgan fingerprint density at radius 3 is 2.39 bits per heavy atom. The number of nitrogens with one attached hydrogen (secondary N) is 1. The molecule has 0 heterocycles. The molecule has 2 aromatic carbocycles. The summed E-state index contributed by atoms with van der Waals surface area (Å²) in [6, 6.07) is 10.1. The van der Waals surface area contributed by atoms with Gasteiger partial charge in [0.15, 0.2) is 0 Å². The Bertz CT molecular complexity index is 812. The van der Waals surface area contributed by atoms with Crippen molar-refractivity contribution in [3.8, 4) is 5.75 Å². The van der Waals surface area contributed by atoms with E-state index >= 15 is 0 Å². The van der Waals surface area contributed by atoms with Gasteiger partial charge in [0.25, 0.3) is 10.0 Å². The van der Waals surface area contributed by atoms with Crippen LogP contribution in [-0.4, -0.2) is 21.4 Å². The molecule has 5 nitrogen and oxygen atoms in total. The van der Waals surface area contributed by atoms with Gasteiger partial charge in [-0.1, -0.05) is 38.1 Å². The number of rotatable bonds is 6. The molecule has 0 saturated heterocycles. The van der Waals surface area contributed by atoms with Crippen LogP contribution in [0.5, 0.6) is 5.75 Å². The summed E-state index contributed by atoms with van der Waals surface area (Å²) in [7, 11) is -2.38. The van der Waals surface area contributed by atoms with Gasteiger partial charge in [-0.3, -0.25) is 4.79 Å². The third-order valence-electron chi connectivity index (χ3n) is 3.55. The number of carbonyl (C=O) groups excluding carboxylic acids is 1. The Hall–Kier alpha value is -2.08. The lowest BCUT2D eigenvalue weighted by Crippen LogP contribution is -2.30. The Morgan fingerprint density at radius 2 is 1.78 bits per heavy atom. The minimum absolute atomic E-state index is 0.0757. The van der Waals surface area contributed by atoms with Crippen molar-refractivity contribution in [1.29, 1.82) is 0 Å². The van der Waals surface area contributed by atoms with Crippen molar-refractivity contribution in [2.45, 2.75) is 31.6 Å². The lowest BCUT2D eigenvalue weighted by Gasteiger charge is -2.12. The second-order valence-electron chi connectivity index (χ2n) is 5.77. The molecule has 0 spiro atoms. The second-order valence-corrected chi connectivity index (χ2v) is 7.42. The van der Waals surface area contributed by atoms with Gasteiger partial charge in [0.1, 0.15) is 5.75 Å². The van der Waals surface area contributed by atoms with Gasteiger partial charge in [0.2, 0.25) is 5.91 Å². The first-order valence-corrected chi connectivity index (χ1v) is 8.95. The number of methoxy groups -OCH3 is 1. The molecular weight excluding hydrogens is 314 g/mol. The molecule has 2 aromatic rings. The average Bonchev–Trinajstić information content (AvgIpc) is 2.51. The van der Waals surface area contributed by atoms with Crippen LogP contribution in [0.1, 0.15) is 26.7 Å². The van der Waals surface area contributed by atoms with E-state index in [0.29, 0.717) is 28.9 Å². The molecule has 1 N–H and O–H groups in total. The van der Waals surface area contributed by atoms with Crippen LogP contribution in [0.15, 0.2) is 41.3 Å².